The molecular formula is C16H22N2O2. The Labute approximate surface area is 119 Å². The number of benzene rings is 1. The summed E-state index contributed by atoms with van der Waals surface area (Å²) in [7, 11) is 0. The minimum Gasteiger partial charge on any atom is -0.355 e. The summed E-state index contributed by atoms with van der Waals surface area (Å²) in [6.07, 6.45) is 1.27. The standard InChI is InChI=1S/C16H22N2O2/c1-11(2)10-17-14(19)16(8-9-16)15(20)18-13-7-5-4-6-12(13)3/h4-7,11H,8-10H2,1-3H3,(H,17,19)(H,18,20). The molecule has 0 aromatic heterocycles. The van der Waals surface area contributed by atoms with Crippen molar-refractivity contribution in [2.24, 2.45) is 11.3 Å². The first-order valence-corrected chi connectivity index (χ1v) is 7.11. The molecular weight excluding hydrogens is 252 g/mol. The van der Waals surface area contributed by atoms with Crippen molar-refractivity contribution in [1.82, 2.24) is 5.32 Å². The minimum atomic E-state index is -0.850. The Morgan fingerprint density at radius 3 is 2.40 bits per heavy atom. The van der Waals surface area contributed by atoms with Gasteiger partial charge in [-0.3, -0.25) is 9.59 Å². The third-order valence-corrected chi connectivity index (χ3v) is 3.68. The molecule has 2 rings (SSSR count). The van der Waals surface area contributed by atoms with Crippen molar-refractivity contribution >= 4 is 17.5 Å². The van der Waals surface area contributed by atoms with E-state index >= 15 is 0 Å². The van der Waals surface area contributed by atoms with Crippen LogP contribution in [0.4, 0.5) is 5.69 Å². The molecule has 0 aliphatic heterocycles. The highest BCUT2D eigenvalue weighted by atomic mass is 16.2. The van der Waals surface area contributed by atoms with Crippen molar-refractivity contribution in [3.05, 3.63) is 29.8 Å². The monoisotopic (exact) mass is 274 g/mol. The number of nitrogens with one attached hydrogen (secondary N) is 2. The molecule has 2 N–H and O–H groups in total. The first kappa shape index (κ1) is 14.6. The molecule has 4 nitrogen and oxygen atoms in total. The first-order chi connectivity index (χ1) is 9.45. The SMILES string of the molecule is Cc1ccccc1NC(=O)C1(C(=O)NCC(C)C)CC1. The van der Waals surface area contributed by atoms with Crippen LogP contribution in [0.1, 0.15) is 32.3 Å². The number of carbonyl (C=O) groups excluding carboxylic acids is 2. The van der Waals surface area contributed by atoms with E-state index in [4.69, 9.17) is 0 Å². The average molecular weight is 274 g/mol. The van der Waals surface area contributed by atoms with Crippen molar-refractivity contribution in [3.8, 4) is 0 Å². The van der Waals surface area contributed by atoms with Gasteiger partial charge in [0.2, 0.25) is 11.8 Å². The molecule has 1 aromatic carbocycles. The van der Waals surface area contributed by atoms with Crippen LogP contribution in [-0.4, -0.2) is 18.4 Å². The smallest absolute Gasteiger partial charge is 0.240 e. The van der Waals surface area contributed by atoms with Crippen molar-refractivity contribution in [3.63, 3.8) is 0 Å². The average Bonchev–Trinajstić information content (AvgIpc) is 3.20. The molecule has 4 heteroatoms. The summed E-state index contributed by atoms with van der Waals surface area (Å²) in [5, 5.41) is 5.75. The van der Waals surface area contributed by atoms with Gasteiger partial charge in [-0.25, -0.2) is 0 Å². The Bertz CT molecular complexity index is 519. The van der Waals surface area contributed by atoms with Gasteiger partial charge < -0.3 is 10.6 Å². The topological polar surface area (TPSA) is 58.2 Å². The maximum Gasteiger partial charge on any atom is 0.240 e. The summed E-state index contributed by atoms with van der Waals surface area (Å²) in [5.41, 5.74) is 0.927. The Morgan fingerprint density at radius 1 is 1.20 bits per heavy atom. The van der Waals surface area contributed by atoms with Crippen LogP contribution in [0, 0.1) is 18.3 Å². The third kappa shape index (κ3) is 3.00. The van der Waals surface area contributed by atoms with E-state index in [1.54, 1.807) is 0 Å². The number of hydrogen-bond acceptors (Lipinski definition) is 2. The minimum absolute atomic E-state index is 0.141. The van der Waals surface area contributed by atoms with Crippen LogP contribution < -0.4 is 10.6 Å². The molecule has 1 aliphatic carbocycles. The molecule has 0 saturated heterocycles. The van der Waals surface area contributed by atoms with Gasteiger partial charge in [-0.05, 0) is 37.3 Å². The second kappa shape index (κ2) is 5.65. The maximum absolute atomic E-state index is 12.4. The van der Waals surface area contributed by atoms with E-state index in [-0.39, 0.29) is 11.8 Å². The Balaban J connectivity index is 2.02. The van der Waals surface area contributed by atoms with E-state index in [1.807, 2.05) is 45.0 Å². The number of amides is 2. The summed E-state index contributed by atoms with van der Waals surface area (Å²) >= 11 is 0. The fraction of sp³-hybridized carbons (Fsp3) is 0.500. The van der Waals surface area contributed by atoms with E-state index in [2.05, 4.69) is 10.6 Å². The lowest BCUT2D eigenvalue weighted by molar-refractivity contribution is -0.134. The Hall–Kier alpha value is -1.84. The zero-order chi connectivity index (χ0) is 14.8. The van der Waals surface area contributed by atoms with Crippen LogP contribution in [0.2, 0.25) is 0 Å². The maximum atomic E-state index is 12.4. The molecule has 20 heavy (non-hydrogen) atoms. The van der Waals surface area contributed by atoms with Crippen LogP contribution >= 0.6 is 0 Å². The van der Waals surface area contributed by atoms with Gasteiger partial charge in [0.1, 0.15) is 5.41 Å². The molecule has 0 spiro atoms. The normalized spacial score (nSPS) is 15.8. The van der Waals surface area contributed by atoms with Crippen molar-refractivity contribution < 1.29 is 9.59 Å². The predicted molar refractivity (Wildman–Crippen MR) is 79.3 cm³/mol. The molecule has 1 aromatic rings. The summed E-state index contributed by atoms with van der Waals surface area (Å²) in [6.45, 7) is 6.62. The lowest BCUT2D eigenvalue weighted by Crippen LogP contribution is -2.41. The molecule has 0 heterocycles. The van der Waals surface area contributed by atoms with E-state index in [1.165, 1.54) is 0 Å². The molecule has 0 atom stereocenters. The van der Waals surface area contributed by atoms with Gasteiger partial charge in [0.15, 0.2) is 0 Å². The molecule has 0 bridgehead atoms. The van der Waals surface area contributed by atoms with Crippen LogP contribution in [0.5, 0.6) is 0 Å². The molecule has 0 radical (unpaired) electrons. The number of anilines is 1. The van der Waals surface area contributed by atoms with Crippen molar-refractivity contribution in [1.29, 1.82) is 0 Å². The van der Waals surface area contributed by atoms with Crippen LogP contribution in [-0.2, 0) is 9.59 Å². The molecule has 1 fully saturated rings. The highest BCUT2D eigenvalue weighted by molar-refractivity contribution is 6.13. The van der Waals surface area contributed by atoms with E-state index in [0.29, 0.717) is 25.3 Å². The largest absolute Gasteiger partial charge is 0.355 e. The number of aryl methyl sites for hydroxylation is 1. The number of hydrogen-bond donors (Lipinski definition) is 2. The highest BCUT2D eigenvalue weighted by Gasteiger charge is 2.56. The van der Waals surface area contributed by atoms with E-state index in [9.17, 15) is 9.59 Å². The predicted octanol–water partition coefficient (Wildman–Crippen LogP) is 2.49. The lowest BCUT2D eigenvalue weighted by atomic mass is 10.0. The molecule has 1 aliphatic rings. The number of carbonyl (C=O) groups is 2. The van der Waals surface area contributed by atoms with Gasteiger partial charge in [-0.15, -0.1) is 0 Å². The molecule has 108 valence electrons. The summed E-state index contributed by atoms with van der Waals surface area (Å²) in [6, 6.07) is 7.59. The summed E-state index contributed by atoms with van der Waals surface area (Å²) in [5.74, 6) is 0.0551. The summed E-state index contributed by atoms with van der Waals surface area (Å²) in [4.78, 5) is 24.5. The Morgan fingerprint density at radius 2 is 1.85 bits per heavy atom. The second-order valence-electron chi connectivity index (χ2n) is 5.96. The van der Waals surface area contributed by atoms with Gasteiger partial charge >= 0.3 is 0 Å². The Kier molecular flexibility index (Phi) is 4.12. The van der Waals surface area contributed by atoms with E-state index in [0.717, 1.165) is 11.3 Å². The third-order valence-electron chi connectivity index (χ3n) is 3.68. The van der Waals surface area contributed by atoms with Crippen LogP contribution in [0.25, 0.3) is 0 Å². The fourth-order valence-electron chi connectivity index (χ4n) is 2.10. The molecule has 0 unspecified atom stereocenters. The zero-order valence-electron chi connectivity index (χ0n) is 12.3. The van der Waals surface area contributed by atoms with Gasteiger partial charge in [0.05, 0.1) is 0 Å². The quantitative estimate of drug-likeness (QED) is 0.810. The number of para-hydroxylation sites is 1. The lowest BCUT2D eigenvalue weighted by Gasteiger charge is -2.17. The summed E-state index contributed by atoms with van der Waals surface area (Å²) < 4.78 is 0. The second-order valence-corrected chi connectivity index (χ2v) is 5.96. The van der Waals surface area contributed by atoms with Gasteiger partial charge in [-0.2, -0.15) is 0 Å². The van der Waals surface area contributed by atoms with Crippen LogP contribution in [0.3, 0.4) is 0 Å². The van der Waals surface area contributed by atoms with Crippen LogP contribution in [0.15, 0.2) is 24.3 Å². The van der Waals surface area contributed by atoms with E-state index < -0.39 is 5.41 Å². The number of rotatable bonds is 5. The highest BCUT2D eigenvalue weighted by Crippen LogP contribution is 2.47. The fourth-order valence-corrected chi connectivity index (χ4v) is 2.10. The van der Waals surface area contributed by atoms with Gasteiger partial charge in [-0.1, -0.05) is 32.0 Å². The first-order valence-electron chi connectivity index (χ1n) is 7.11. The van der Waals surface area contributed by atoms with Gasteiger partial charge in [0.25, 0.3) is 0 Å². The van der Waals surface area contributed by atoms with Crippen molar-refractivity contribution in [2.45, 2.75) is 33.6 Å². The zero-order valence-corrected chi connectivity index (χ0v) is 12.3. The van der Waals surface area contributed by atoms with Crippen molar-refractivity contribution in [2.75, 3.05) is 11.9 Å². The molecule has 1 saturated carbocycles. The van der Waals surface area contributed by atoms with Gasteiger partial charge in [0, 0.05) is 12.2 Å². The molecule has 2 amide bonds.